The summed E-state index contributed by atoms with van der Waals surface area (Å²) >= 11 is 3.49. The minimum Gasteiger partial charge on any atom is -0.383 e. The van der Waals surface area contributed by atoms with Crippen molar-refractivity contribution in [3.05, 3.63) is 16.0 Å². The number of rotatable bonds is 6. The first-order valence-electron chi connectivity index (χ1n) is 6.61. The van der Waals surface area contributed by atoms with Gasteiger partial charge in [0.2, 0.25) is 0 Å². The number of anilines is 1. The number of hydrogen-bond acceptors (Lipinski definition) is 4. The van der Waals surface area contributed by atoms with E-state index in [4.69, 9.17) is 10.5 Å². The van der Waals surface area contributed by atoms with E-state index in [0.29, 0.717) is 18.3 Å². The average Bonchev–Trinajstić information content (AvgIpc) is 3.16. The monoisotopic (exact) mass is 313 g/mol. The lowest BCUT2D eigenvalue weighted by molar-refractivity contribution is 0.0493. The van der Waals surface area contributed by atoms with Crippen LogP contribution < -0.4 is 5.73 Å². The maximum Gasteiger partial charge on any atom is 0.159 e. The van der Waals surface area contributed by atoms with Gasteiger partial charge in [0.15, 0.2) is 5.82 Å². The smallest absolute Gasteiger partial charge is 0.159 e. The van der Waals surface area contributed by atoms with E-state index in [1.54, 1.807) is 0 Å². The van der Waals surface area contributed by atoms with E-state index in [1.165, 1.54) is 12.8 Å². The third-order valence-corrected chi connectivity index (χ3v) is 3.90. The molecule has 0 aromatic carbocycles. The van der Waals surface area contributed by atoms with Gasteiger partial charge in [-0.2, -0.15) is 0 Å². The van der Waals surface area contributed by atoms with Crippen LogP contribution in [0.15, 0.2) is 4.47 Å². The number of nitrogen functional groups attached to an aromatic ring is 1. The molecule has 2 N–H and O–H groups in total. The van der Waals surface area contributed by atoms with Crippen molar-refractivity contribution in [3.63, 3.8) is 0 Å². The lowest BCUT2D eigenvalue weighted by Gasteiger charge is -2.17. The molecular formula is C13H20BrN3O. The van der Waals surface area contributed by atoms with E-state index in [9.17, 15) is 0 Å². The Kier molecular flexibility index (Phi) is 4.56. The summed E-state index contributed by atoms with van der Waals surface area (Å²) < 4.78 is 6.58. The van der Waals surface area contributed by atoms with E-state index in [0.717, 1.165) is 28.8 Å². The van der Waals surface area contributed by atoms with Crippen LogP contribution in [-0.2, 0) is 4.74 Å². The molecule has 4 nitrogen and oxygen atoms in total. The number of hydrogen-bond donors (Lipinski definition) is 1. The largest absolute Gasteiger partial charge is 0.383 e. The highest BCUT2D eigenvalue weighted by Crippen LogP contribution is 2.43. The molecule has 0 saturated heterocycles. The van der Waals surface area contributed by atoms with Gasteiger partial charge in [-0.1, -0.05) is 13.3 Å². The van der Waals surface area contributed by atoms with Crippen molar-refractivity contribution in [2.45, 2.75) is 51.6 Å². The van der Waals surface area contributed by atoms with Gasteiger partial charge in [-0.25, -0.2) is 9.97 Å². The van der Waals surface area contributed by atoms with Crippen molar-refractivity contribution in [3.8, 4) is 0 Å². The van der Waals surface area contributed by atoms with Crippen molar-refractivity contribution in [2.75, 3.05) is 12.3 Å². The van der Waals surface area contributed by atoms with Gasteiger partial charge in [-0.05, 0) is 42.1 Å². The normalized spacial score (nSPS) is 16.8. The van der Waals surface area contributed by atoms with Gasteiger partial charge in [0.1, 0.15) is 11.9 Å². The molecule has 1 atom stereocenters. The second-order valence-corrected chi connectivity index (χ2v) is 5.47. The molecule has 1 unspecified atom stereocenters. The Morgan fingerprint density at radius 3 is 2.67 bits per heavy atom. The van der Waals surface area contributed by atoms with Crippen LogP contribution in [0.5, 0.6) is 0 Å². The third-order valence-electron chi connectivity index (χ3n) is 3.09. The fraction of sp³-hybridized carbons (Fsp3) is 0.692. The Balaban J connectivity index is 2.30. The van der Waals surface area contributed by atoms with Crippen LogP contribution in [0, 0.1) is 0 Å². The summed E-state index contributed by atoms with van der Waals surface area (Å²) in [6.07, 6.45) is 4.33. The van der Waals surface area contributed by atoms with Crippen molar-refractivity contribution >= 4 is 21.7 Å². The molecule has 0 radical (unpaired) electrons. The van der Waals surface area contributed by atoms with Crippen molar-refractivity contribution in [1.82, 2.24) is 9.97 Å². The van der Waals surface area contributed by atoms with Crippen LogP contribution in [0.4, 0.5) is 5.82 Å². The Bertz CT molecular complexity index is 415. The zero-order valence-electron chi connectivity index (χ0n) is 10.9. The van der Waals surface area contributed by atoms with E-state index in [2.05, 4.69) is 32.8 Å². The second-order valence-electron chi connectivity index (χ2n) is 4.67. The molecule has 1 aliphatic rings. The van der Waals surface area contributed by atoms with Gasteiger partial charge in [0, 0.05) is 12.5 Å². The number of nitrogens with zero attached hydrogens (tertiary/aromatic N) is 2. The van der Waals surface area contributed by atoms with Gasteiger partial charge in [-0.15, -0.1) is 0 Å². The minimum atomic E-state index is -0.0344. The topological polar surface area (TPSA) is 61.0 Å². The van der Waals surface area contributed by atoms with Crippen molar-refractivity contribution < 1.29 is 4.74 Å². The first-order chi connectivity index (χ1) is 8.67. The molecule has 1 saturated carbocycles. The summed E-state index contributed by atoms with van der Waals surface area (Å²) in [6, 6.07) is 0. The molecule has 5 heteroatoms. The number of aromatic nitrogens is 2. The Morgan fingerprint density at radius 1 is 1.39 bits per heavy atom. The minimum absolute atomic E-state index is 0.0344. The van der Waals surface area contributed by atoms with Crippen LogP contribution in [0.3, 0.4) is 0 Å². The van der Waals surface area contributed by atoms with Crippen molar-refractivity contribution in [2.24, 2.45) is 0 Å². The number of ether oxygens (including phenoxy) is 1. The maximum atomic E-state index is 5.96. The van der Waals surface area contributed by atoms with E-state index in [1.807, 2.05) is 6.92 Å². The van der Waals surface area contributed by atoms with Gasteiger partial charge in [0.25, 0.3) is 0 Å². The fourth-order valence-electron chi connectivity index (χ4n) is 2.02. The molecular weight excluding hydrogens is 294 g/mol. The number of halogens is 1. The molecule has 18 heavy (non-hydrogen) atoms. The van der Waals surface area contributed by atoms with Crippen LogP contribution >= 0.6 is 15.9 Å². The molecule has 2 rings (SSSR count). The quantitative estimate of drug-likeness (QED) is 0.872. The molecule has 100 valence electrons. The Labute approximate surface area is 116 Å². The van der Waals surface area contributed by atoms with Crippen LogP contribution in [0.25, 0.3) is 0 Å². The highest BCUT2D eigenvalue weighted by atomic mass is 79.9. The summed E-state index contributed by atoms with van der Waals surface area (Å²) in [7, 11) is 0. The summed E-state index contributed by atoms with van der Waals surface area (Å²) in [6.45, 7) is 4.80. The van der Waals surface area contributed by atoms with Gasteiger partial charge >= 0.3 is 0 Å². The predicted octanol–water partition coefficient (Wildman–Crippen LogP) is 3.58. The number of nitrogens with two attached hydrogens (primary N) is 1. The Morgan fingerprint density at radius 2 is 2.11 bits per heavy atom. The fourth-order valence-corrected chi connectivity index (χ4v) is 2.52. The molecule has 1 aromatic rings. The van der Waals surface area contributed by atoms with Gasteiger partial charge in [-0.3, -0.25) is 0 Å². The average molecular weight is 314 g/mol. The lowest BCUT2D eigenvalue weighted by atomic mass is 10.2. The predicted molar refractivity (Wildman–Crippen MR) is 75.4 cm³/mol. The molecule has 1 heterocycles. The zero-order valence-corrected chi connectivity index (χ0v) is 12.5. The standard InChI is InChI=1S/C13H20BrN3O/c1-3-5-9(18-4-2)13-16-11(8-6-7-8)10(14)12(15)17-13/h8-9H,3-7H2,1-2H3,(H2,15,16,17). The summed E-state index contributed by atoms with van der Waals surface area (Å²) in [5, 5.41) is 0. The summed E-state index contributed by atoms with van der Waals surface area (Å²) in [5.74, 6) is 1.82. The first-order valence-corrected chi connectivity index (χ1v) is 7.41. The molecule has 1 fully saturated rings. The molecule has 0 amide bonds. The highest BCUT2D eigenvalue weighted by Gasteiger charge is 2.30. The third kappa shape index (κ3) is 3.01. The van der Waals surface area contributed by atoms with E-state index < -0.39 is 0 Å². The first kappa shape index (κ1) is 13.7. The van der Waals surface area contributed by atoms with E-state index in [-0.39, 0.29) is 6.10 Å². The molecule has 1 aliphatic carbocycles. The van der Waals surface area contributed by atoms with Crippen LogP contribution in [0.2, 0.25) is 0 Å². The zero-order chi connectivity index (χ0) is 13.1. The summed E-state index contributed by atoms with van der Waals surface area (Å²) in [5.41, 5.74) is 7.02. The van der Waals surface area contributed by atoms with Gasteiger partial charge in [0.05, 0.1) is 10.2 Å². The lowest BCUT2D eigenvalue weighted by Crippen LogP contribution is -2.12. The Hall–Kier alpha value is -0.680. The summed E-state index contributed by atoms with van der Waals surface area (Å²) in [4.78, 5) is 9.05. The van der Waals surface area contributed by atoms with Crippen molar-refractivity contribution in [1.29, 1.82) is 0 Å². The maximum absolute atomic E-state index is 5.96. The van der Waals surface area contributed by atoms with Gasteiger partial charge < -0.3 is 10.5 Å². The second kappa shape index (κ2) is 5.97. The molecule has 0 spiro atoms. The molecule has 1 aromatic heterocycles. The molecule has 0 bridgehead atoms. The van der Waals surface area contributed by atoms with Crippen LogP contribution in [-0.4, -0.2) is 16.6 Å². The van der Waals surface area contributed by atoms with E-state index >= 15 is 0 Å². The van der Waals surface area contributed by atoms with Crippen LogP contribution in [0.1, 0.15) is 63.1 Å². The SMILES string of the molecule is CCCC(OCC)c1nc(N)c(Br)c(C2CC2)n1. The molecule has 0 aliphatic heterocycles. The highest BCUT2D eigenvalue weighted by molar-refractivity contribution is 9.10.